The topological polar surface area (TPSA) is 135 Å². The van der Waals surface area contributed by atoms with Crippen LogP contribution < -0.4 is 15.8 Å². The number of primary amides is 1. The smallest absolute Gasteiger partial charge is 0.404 e. The van der Waals surface area contributed by atoms with Gasteiger partial charge in [0.15, 0.2) is 0 Å². The van der Waals surface area contributed by atoms with Crippen molar-refractivity contribution in [3.63, 3.8) is 0 Å². The second-order valence-electron chi connectivity index (χ2n) is 6.51. The SMILES string of the molecule is NC(=O)OCCNc1ncnc2[nH]cc(C(=O)N3CC(Oc4ccccc4)C3)c12. The maximum absolute atomic E-state index is 13.0. The first-order chi connectivity index (χ1) is 14.1. The Bertz CT molecular complexity index is 1020. The van der Waals surface area contributed by atoms with Gasteiger partial charge >= 0.3 is 6.09 Å². The molecule has 0 aliphatic carbocycles. The number of benzene rings is 1. The number of aromatic amines is 1. The van der Waals surface area contributed by atoms with Crippen LogP contribution in [0.1, 0.15) is 10.4 Å². The summed E-state index contributed by atoms with van der Waals surface area (Å²) in [6.07, 6.45) is 2.13. The molecule has 10 nitrogen and oxygen atoms in total. The number of nitrogens with two attached hydrogens (primary N) is 1. The number of carbonyl (C=O) groups is 2. The predicted octanol–water partition coefficient (Wildman–Crippen LogP) is 1.37. The number of hydrogen-bond acceptors (Lipinski definition) is 7. The Labute approximate surface area is 166 Å². The fraction of sp³-hybridized carbons (Fsp3) is 0.263. The number of hydrogen-bond donors (Lipinski definition) is 3. The van der Waals surface area contributed by atoms with Crippen molar-refractivity contribution in [3.05, 3.63) is 48.4 Å². The fourth-order valence-electron chi connectivity index (χ4n) is 3.13. The van der Waals surface area contributed by atoms with E-state index in [2.05, 4.69) is 20.3 Å². The van der Waals surface area contributed by atoms with Gasteiger partial charge in [-0.15, -0.1) is 0 Å². The van der Waals surface area contributed by atoms with Crippen LogP contribution in [0.2, 0.25) is 0 Å². The Kier molecular flexibility index (Phi) is 5.14. The van der Waals surface area contributed by atoms with Crippen LogP contribution in [0.15, 0.2) is 42.9 Å². The molecule has 1 aromatic carbocycles. The van der Waals surface area contributed by atoms with Gasteiger partial charge in [0.05, 0.1) is 30.6 Å². The number of H-pyrrole nitrogens is 1. The van der Waals surface area contributed by atoms with Crippen molar-refractivity contribution in [1.29, 1.82) is 0 Å². The molecule has 0 unspecified atom stereocenters. The summed E-state index contributed by atoms with van der Waals surface area (Å²) in [5.74, 6) is 1.13. The van der Waals surface area contributed by atoms with E-state index >= 15 is 0 Å². The molecule has 3 heterocycles. The van der Waals surface area contributed by atoms with E-state index in [1.807, 2.05) is 30.3 Å². The molecule has 2 amide bonds. The number of ether oxygens (including phenoxy) is 2. The molecule has 1 saturated heterocycles. The monoisotopic (exact) mass is 396 g/mol. The molecule has 150 valence electrons. The van der Waals surface area contributed by atoms with Gasteiger partial charge in [0.2, 0.25) is 0 Å². The van der Waals surface area contributed by atoms with E-state index in [1.165, 1.54) is 6.33 Å². The highest BCUT2D eigenvalue weighted by Gasteiger charge is 2.34. The van der Waals surface area contributed by atoms with Crippen LogP contribution in [0.5, 0.6) is 5.75 Å². The van der Waals surface area contributed by atoms with Crippen molar-refractivity contribution in [2.45, 2.75) is 6.10 Å². The standard InChI is InChI=1S/C19H20N6O4/c20-19(27)28-7-6-21-16-15-14(8-22-17(15)24-11-23-16)18(26)25-9-13(10-25)29-12-4-2-1-3-5-12/h1-5,8,11,13H,6-7,9-10H2,(H2,20,27)(H2,21,22,23,24). The number of aromatic nitrogens is 3. The van der Waals surface area contributed by atoms with Gasteiger partial charge in [-0.1, -0.05) is 18.2 Å². The second kappa shape index (κ2) is 8.05. The lowest BCUT2D eigenvalue weighted by molar-refractivity contribution is 0.0179. The molecule has 0 spiro atoms. The quantitative estimate of drug-likeness (QED) is 0.513. The molecule has 4 N–H and O–H groups in total. The third kappa shape index (κ3) is 4.05. The molecular weight excluding hydrogens is 376 g/mol. The summed E-state index contributed by atoms with van der Waals surface area (Å²) in [7, 11) is 0. The third-order valence-electron chi connectivity index (χ3n) is 4.52. The van der Waals surface area contributed by atoms with Crippen molar-refractivity contribution in [2.75, 3.05) is 31.6 Å². The molecule has 1 aliphatic heterocycles. The summed E-state index contributed by atoms with van der Waals surface area (Å²) in [6.45, 7) is 1.39. The minimum absolute atomic E-state index is 0.0358. The Hall–Kier alpha value is -3.82. The number of fused-ring (bicyclic) bond motifs is 1. The molecule has 29 heavy (non-hydrogen) atoms. The number of likely N-dealkylation sites (tertiary alicyclic amines) is 1. The molecule has 1 fully saturated rings. The normalized spacial score (nSPS) is 13.7. The zero-order chi connectivity index (χ0) is 20.2. The van der Waals surface area contributed by atoms with E-state index in [0.29, 0.717) is 42.0 Å². The summed E-state index contributed by atoms with van der Waals surface area (Å²) < 4.78 is 10.5. The molecule has 4 rings (SSSR count). The third-order valence-corrected chi connectivity index (χ3v) is 4.52. The van der Waals surface area contributed by atoms with Gasteiger partial charge in [-0.3, -0.25) is 4.79 Å². The van der Waals surface area contributed by atoms with Gasteiger partial charge in [0.25, 0.3) is 5.91 Å². The Morgan fingerprint density at radius 1 is 1.24 bits per heavy atom. The Morgan fingerprint density at radius 2 is 2.03 bits per heavy atom. The van der Waals surface area contributed by atoms with E-state index in [0.717, 1.165) is 5.75 Å². The van der Waals surface area contributed by atoms with Crippen molar-refractivity contribution in [2.24, 2.45) is 5.73 Å². The van der Waals surface area contributed by atoms with Crippen LogP contribution in [0, 0.1) is 0 Å². The number of nitrogens with zero attached hydrogens (tertiary/aromatic N) is 3. The Morgan fingerprint density at radius 3 is 2.79 bits per heavy atom. The van der Waals surface area contributed by atoms with Gasteiger partial charge in [-0.25, -0.2) is 14.8 Å². The second-order valence-corrected chi connectivity index (χ2v) is 6.51. The average Bonchev–Trinajstić information content (AvgIpc) is 3.13. The van der Waals surface area contributed by atoms with E-state index in [9.17, 15) is 9.59 Å². The van der Waals surface area contributed by atoms with Gasteiger partial charge in [0.1, 0.15) is 36.3 Å². The van der Waals surface area contributed by atoms with E-state index < -0.39 is 6.09 Å². The summed E-state index contributed by atoms with van der Waals surface area (Å²) in [4.78, 5) is 36.7. The van der Waals surface area contributed by atoms with E-state index in [4.69, 9.17) is 15.2 Å². The van der Waals surface area contributed by atoms with E-state index in [1.54, 1.807) is 11.1 Å². The highest BCUT2D eigenvalue weighted by atomic mass is 16.5. The van der Waals surface area contributed by atoms with E-state index in [-0.39, 0.29) is 18.6 Å². The molecule has 2 aromatic heterocycles. The van der Waals surface area contributed by atoms with Crippen molar-refractivity contribution >= 4 is 28.9 Å². The lowest BCUT2D eigenvalue weighted by atomic mass is 10.1. The summed E-state index contributed by atoms with van der Waals surface area (Å²) in [6, 6.07) is 9.52. The highest BCUT2D eigenvalue weighted by Crippen LogP contribution is 2.27. The maximum atomic E-state index is 13.0. The molecular formula is C19H20N6O4. The zero-order valence-corrected chi connectivity index (χ0v) is 15.5. The van der Waals surface area contributed by atoms with Crippen LogP contribution in [0.3, 0.4) is 0 Å². The van der Waals surface area contributed by atoms with Crippen LogP contribution in [-0.2, 0) is 4.74 Å². The summed E-state index contributed by atoms with van der Waals surface area (Å²) >= 11 is 0. The van der Waals surface area contributed by atoms with Crippen molar-refractivity contribution < 1.29 is 19.1 Å². The van der Waals surface area contributed by atoms with Crippen LogP contribution >= 0.6 is 0 Å². The molecule has 0 atom stereocenters. The first-order valence-electron chi connectivity index (χ1n) is 9.11. The maximum Gasteiger partial charge on any atom is 0.404 e. The van der Waals surface area contributed by atoms with Gasteiger partial charge in [0, 0.05) is 6.20 Å². The molecule has 0 radical (unpaired) electrons. The van der Waals surface area contributed by atoms with Crippen LogP contribution in [0.25, 0.3) is 11.0 Å². The zero-order valence-electron chi connectivity index (χ0n) is 15.5. The van der Waals surface area contributed by atoms with Gasteiger partial charge < -0.3 is 30.4 Å². The molecule has 1 aliphatic rings. The minimum Gasteiger partial charge on any atom is -0.487 e. The first kappa shape index (κ1) is 18.5. The lowest BCUT2D eigenvalue weighted by Crippen LogP contribution is -2.56. The van der Waals surface area contributed by atoms with Crippen LogP contribution in [-0.4, -0.2) is 64.2 Å². The molecule has 0 bridgehead atoms. The minimum atomic E-state index is -0.845. The fourth-order valence-corrected chi connectivity index (χ4v) is 3.13. The lowest BCUT2D eigenvalue weighted by Gasteiger charge is -2.38. The first-order valence-corrected chi connectivity index (χ1v) is 9.11. The number of amides is 2. The number of anilines is 1. The Balaban J connectivity index is 1.42. The molecule has 0 saturated carbocycles. The highest BCUT2D eigenvalue weighted by molar-refractivity contribution is 6.09. The number of carbonyl (C=O) groups excluding carboxylic acids is 2. The van der Waals surface area contributed by atoms with Crippen LogP contribution in [0.4, 0.5) is 10.6 Å². The summed E-state index contributed by atoms with van der Waals surface area (Å²) in [5, 5.41) is 3.63. The number of rotatable bonds is 7. The van der Waals surface area contributed by atoms with Gasteiger partial charge in [-0.05, 0) is 12.1 Å². The average molecular weight is 396 g/mol. The van der Waals surface area contributed by atoms with Gasteiger partial charge in [-0.2, -0.15) is 0 Å². The largest absolute Gasteiger partial charge is 0.487 e. The molecule has 10 heteroatoms. The number of nitrogens with one attached hydrogen (secondary N) is 2. The molecule has 3 aromatic rings. The van der Waals surface area contributed by atoms with Crippen molar-refractivity contribution in [1.82, 2.24) is 19.9 Å². The predicted molar refractivity (Wildman–Crippen MR) is 105 cm³/mol. The van der Waals surface area contributed by atoms with Crippen molar-refractivity contribution in [3.8, 4) is 5.75 Å². The number of para-hydroxylation sites is 1. The summed E-state index contributed by atoms with van der Waals surface area (Å²) in [5.41, 5.74) is 5.96.